The van der Waals surface area contributed by atoms with Crippen LogP contribution in [0.5, 0.6) is 0 Å². The molecule has 0 bridgehead atoms. The van der Waals surface area contributed by atoms with Crippen LogP contribution in [0, 0.1) is 11.6 Å². The highest BCUT2D eigenvalue weighted by molar-refractivity contribution is 5.80. The molecule has 0 radical (unpaired) electrons. The van der Waals surface area contributed by atoms with Crippen LogP contribution in [0.25, 0.3) is 0 Å². The van der Waals surface area contributed by atoms with Gasteiger partial charge in [-0.05, 0) is 35.9 Å². The molecule has 34 heavy (non-hydrogen) atoms. The number of nitrogens with two attached hydrogens (primary N) is 2. The molecule has 10 heteroatoms. The number of primary amides is 1. The van der Waals surface area contributed by atoms with E-state index in [1.807, 2.05) is 18.2 Å². The average molecular weight is 469 g/mol. The molecule has 1 aromatic heterocycles. The standard InChI is InChI=1S/C24H26F2N6O2/c25-17-7-15(8-18(26)10-17)13-29-22-12-24(30-14-16(22)9-23(28)33)31-21-2-1-19(11-20(21)27)32-3-5-34-6-4-32/h1-2,7-8,10-12,14H,3-6,9,13,27H2,(H2,28,33)(H2,29,30,31). The number of hydrogen-bond acceptors (Lipinski definition) is 7. The van der Waals surface area contributed by atoms with Gasteiger partial charge in [-0.15, -0.1) is 0 Å². The van der Waals surface area contributed by atoms with Crippen molar-refractivity contribution < 1.29 is 18.3 Å². The summed E-state index contributed by atoms with van der Waals surface area (Å²) < 4.78 is 32.4. The number of rotatable bonds is 8. The van der Waals surface area contributed by atoms with E-state index in [-0.39, 0.29) is 13.0 Å². The van der Waals surface area contributed by atoms with Crippen molar-refractivity contribution in [2.24, 2.45) is 5.73 Å². The van der Waals surface area contributed by atoms with Gasteiger partial charge in [0.05, 0.1) is 31.0 Å². The lowest BCUT2D eigenvalue weighted by Crippen LogP contribution is -2.36. The van der Waals surface area contributed by atoms with Crippen molar-refractivity contribution in [3.05, 3.63) is 71.4 Å². The summed E-state index contributed by atoms with van der Waals surface area (Å²) in [7, 11) is 0. The summed E-state index contributed by atoms with van der Waals surface area (Å²) in [6, 6.07) is 10.7. The molecule has 1 amide bonds. The van der Waals surface area contributed by atoms with Gasteiger partial charge in [0.2, 0.25) is 5.91 Å². The van der Waals surface area contributed by atoms with Gasteiger partial charge in [-0.1, -0.05) is 0 Å². The monoisotopic (exact) mass is 468 g/mol. The summed E-state index contributed by atoms with van der Waals surface area (Å²) in [6.45, 7) is 3.11. The first kappa shape index (κ1) is 23.2. The lowest BCUT2D eigenvalue weighted by Gasteiger charge is -2.29. The van der Waals surface area contributed by atoms with Crippen LogP contribution < -0.4 is 27.0 Å². The van der Waals surface area contributed by atoms with Gasteiger partial charge in [0.25, 0.3) is 0 Å². The van der Waals surface area contributed by atoms with Gasteiger partial charge in [-0.2, -0.15) is 0 Å². The molecule has 8 nitrogen and oxygen atoms in total. The van der Waals surface area contributed by atoms with Crippen molar-refractivity contribution in [1.29, 1.82) is 0 Å². The normalized spacial score (nSPS) is 13.5. The van der Waals surface area contributed by atoms with Gasteiger partial charge in [0.15, 0.2) is 0 Å². The number of carbonyl (C=O) groups excluding carboxylic acids is 1. The van der Waals surface area contributed by atoms with Crippen LogP contribution in [0.15, 0.2) is 48.7 Å². The van der Waals surface area contributed by atoms with Gasteiger partial charge in [0.1, 0.15) is 17.5 Å². The van der Waals surface area contributed by atoms with Crippen molar-refractivity contribution in [2.45, 2.75) is 13.0 Å². The average Bonchev–Trinajstić information content (AvgIpc) is 2.80. The molecular weight excluding hydrogens is 442 g/mol. The molecular formula is C24H26F2N6O2. The SMILES string of the molecule is NC(=O)Cc1cnc(Nc2ccc(N3CCOCC3)cc2N)cc1NCc1cc(F)cc(F)c1. The van der Waals surface area contributed by atoms with Crippen LogP contribution in [0.4, 0.5) is 37.3 Å². The number of hydrogen-bond donors (Lipinski definition) is 4. The zero-order valence-corrected chi connectivity index (χ0v) is 18.5. The molecule has 6 N–H and O–H groups in total. The number of aromatic nitrogens is 1. The Hall–Kier alpha value is -3.92. The Morgan fingerprint density at radius 3 is 2.47 bits per heavy atom. The first-order valence-corrected chi connectivity index (χ1v) is 10.8. The fourth-order valence-electron chi connectivity index (χ4n) is 3.78. The molecule has 3 aromatic rings. The van der Waals surface area contributed by atoms with Crippen LogP contribution in [0.2, 0.25) is 0 Å². The number of pyridine rings is 1. The number of nitrogens with one attached hydrogen (secondary N) is 2. The number of carbonyl (C=O) groups is 1. The fraction of sp³-hybridized carbons (Fsp3) is 0.250. The molecule has 0 unspecified atom stereocenters. The Labute approximate surface area is 195 Å². The van der Waals surface area contributed by atoms with Crippen LogP contribution in [0.3, 0.4) is 0 Å². The molecule has 2 heterocycles. The maximum absolute atomic E-state index is 13.5. The lowest BCUT2D eigenvalue weighted by atomic mass is 10.1. The topological polar surface area (TPSA) is 119 Å². The maximum Gasteiger partial charge on any atom is 0.221 e. The summed E-state index contributed by atoms with van der Waals surface area (Å²) >= 11 is 0. The molecule has 1 aliphatic rings. The van der Waals surface area contributed by atoms with Crippen molar-refractivity contribution in [3.8, 4) is 0 Å². The lowest BCUT2D eigenvalue weighted by molar-refractivity contribution is -0.117. The molecule has 0 aliphatic carbocycles. The first-order chi connectivity index (χ1) is 16.4. The van der Waals surface area contributed by atoms with Gasteiger partial charge >= 0.3 is 0 Å². The Morgan fingerprint density at radius 2 is 1.79 bits per heavy atom. The van der Waals surface area contributed by atoms with Crippen molar-refractivity contribution >= 4 is 34.5 Å². The zero-order valence-electron chi connectivity index (χ0n) is 18.5. The summed E-state index contributed by atoms with van der Waals surface area (Å²) in [5.74, 6) is -1.37. The number of ether oxygens (including phenoxy) is 1. The smallest absolute Gasteiger partial charge is 0.221 e. The minimum atomic E-state index is -0.665. The maximum atomic E-state index is 13.5. The van der Waals surface area contributed by atoms with Crippen molar-refractivity contribution in [1.82, 2.24) is 4.98 Å². The zero-order chi connectivity index (χ0) is 24.1. The van der Waals surface area contributed by atoms with E-state index in [0.29, 0.717) is 47.2 Å². The third-order valence-corrected chi connectivity index (χ3v) is 5.43. The Morgan fingerprint density at radius 1 is 1.06 bits per heavy atom. The van der Waals surface area contributed by atoms with E-state index < -0.39 is 17.5 Å². The molecule has 1 saturated heterocycles. The number of nitrogens with zero attached hydrogens (tertiary/aromatic N) is 2. The predicted octanol–water partition coefficient (Wildman–Crippen LogP) is 3.16. The molecule has 4 rings (SSSR count). The van der Waals surface area contributed by atoms with Crippen LogP contribution in [-0.4, -0.2) is 37.2 Å². The summed E-state index contributed by atoms with van der Waals surface area (Å²) in [4.78, 5) is 18.1. The van der Waals surface area contributed by atoms with Crippen molar-refractivity contribution in [3.63, 3.8) is 0 Å². The van der Waals surface area contributed by atoms with E-state index in [2.05, 4.69) is 20.5 Å². The molecule has 0 saturated carbocycles. The largest absolute Gasteiger partial charge is 0.397 e. The Bertz CT molecular complexity index is 1160. The molecule has 1 fully saturated rings. The molecule has 0 atom stereocenters. The van der Waals surface area contributed by atoms with E-state index in [0.717, 1.165) is 24.8 Å². The number of benzene rings is 2. The van der Waals surface area contributed by atoms with Gasteiger partial charge in [-0.25, -0.2) is 13.8 Å². The predicted molar refractivity (Wildman–Crippen MR) is 128 cm³/mol. The molecule has 1 aliphatic heterocycles. The number of morpholine rings is 1. The Balaban J connectivity index is 1.53. The molecule has 2 aromatic carbocycles. The minimum Gasteiger partial charge on any atom is -0.397 e. The minimum absolute atomic E-state index is 0.0382. The van der Waals surface area contributed by atoms with Crippen LogP contribution in [0.1, 0.15) is 11.1 Å². The van der Waals surface area contributed by atoms with Gasteiger partial charge in [0, 0.05) is 54.9 Å². The molecule has 0 spiro atoms. The van der Waals surface area contributed by atoms with E-state index in [4.69, 9.17) is 16.2 Å². The number of halogens is 2. The highest BCUT2D eigenvalue weighted by Crippen LogP contribution is 2.29. The Kier molecular flexibility index (Phi) is 7.07. The summed E-state index contributed by atoms with van der Waals surface area (Å²) in [6.07, 6.45) is 1.49. The van der Waals surface area contributed by atoms with Gasteiger partial charge in [-0.3, -0.25) is 4.79 Å². The van der Waals surface area contributed by atoms with Crippen LogP contribution in [-0.2, 0) is 22.5 Å². The van der Waals surface area contributed by atoms with Crippen molar-refractivity contribution in [2.75, 3.05) is 47.6 Å². The van der Waals surface area contributed by atoms with Gasteiger partial charge < -0.3 is 31.7 Å². The highest BCUT2D eigenvalue weighted by atomic mass is 19.1. The quantitative estimate of drug-likeness (QED) is 0.375. The van der Waals surface area contributed by atoms with E-state index >= 15 is 0 Å². The molecule has 178 valence electrons. The second-order valence-electron chi connectivity index (χ2n) is 8.00. The summed E-state index contributed by atoms with van der Waals surface area (Å²) in [5.41, 5.74) is 15.4. The first-order valence-electron chi connectivity index (χ1n) is 10.8. The van der Waals surface area contributed by atoms with E-state index in [1.54, 1.807) is 6.07 Å². The van der Waals surface area contributed by atoms with E-state index in [1.165, 1.54) is 18.3 Å². The second kappa shape index (κ2) is 10.3. The fourth-order valence-corrected chi connectivity index (χ4v) is 3.78. The summed E-state index contributed by atoms with van der Waals surface area (Å²) in [5, 5.41) is 6.30. The highest BCUT2D eigenvalue weighted by Gasteiger charge is 2.14. The second-order valence-corrected chi connectivity index (χ2v) is 8.00. The number of amides is 1. The van der Waals surface area contributed by atoms with Crippen LogP contribution >= 0.6 is 0 Å². The third kappa shape index (κ3) is 5.90. The van der Waals surface area contributed by atoms with E-state index in [9.17, 15) is 13.6 Å². The number of nitrogen functional groups attached to an aromatic ring is 1. The number of anilines is 5. The third-order valence-electron chi connectivity index (χ3n) is 5.43.